The summed E-state index contributed by atoms with van der Waals surface area (Å²) < 4.78 is 0. The molecule has 0 bridgehead atoms. The number of unbranched alkanes of at least 4 members (excludes halogenated alkanes) is 3. The van der Waals surface area contributed by atoms with Crippen molar-refractivity contribution in [3.05, 3.63) is 24.3 Å². The van der Waals surface area contributed by atoms with Gasteiger partial charge in [0.2, 0.25) is 0 Å². The molecule has 0 rings (SSSR count). The number of rotatable bonds is 14. The molecule has 0 heterocycles. The van der Waals surface area contributed by atoms with Gasteiger partial charge in [0.05, 0.1) is 18.3 Å². The molecule has 0 aliphatic carbocycles. The largest absolute Gasteiger partial charge is 0.478 e. The molecule has 4 N–H and O–H groups in total. The van der Waals surface area contributed by atoms with Crippen molar-refractivity contribution in [2.75, 3.05) is 0 Å². The SMILES string of the molecule is CCCCCC(O)C(O)CCC(O)CCCC=CC=CC(=O)O. The van der Waals surface area contributed by atoms with Crippen LogP contribution in [0.25, 0.3) is 0 Å². The number of hydrogen-bond acceptors (Lipinski definition) is 4. The van der Waals surface area contributed by atoms with Crippen molar-refractivity contribution in [3.63, 3.8) is 0 Å². The third-order valence-corrected chi connectivity index (χ3v) is 3.74. The minimum atomic E-state index is -0.972. The van der Waals surface area contributed by atoms with Gasteiger partial charge >= 0.3 is 5.97 Å². The summed E-state index contributed by atoms with van der Waals surface area (Å²) >= 11 is 0. The summed E-state index contributed by atoms with van der Waals surface area (Å²) in [5, 5.41) is 37.9. The maximum Gasteiger partial charge on any atom is 0.328 e. The highest BCUT2D eigenvalue weighted by atomic mass is 16.4. The third-order valence-electron chi connectivity index (χ3n) is 3.74. The average Bonchev–Trinajstić information content (AvgIpc) is 2.51. The van der Waals surface area contributed by atoms with Gasteiger partial charge in [-0.05, 0) is 38.5 Å². The van der Waals surface area contributed by atoms with E-state index in [0.29, 0.717) is 25.7 Å². The molecule has 0 aromatic carbocycles. The summed E-state index contributed by atoms with van der Waals surface area (Å²) in [6.45, 7) is 2.09. The standard InChI is InChI=1S/C18H32O5/c1-2-3-7-11-16(20)17(21)14-13-15(19)10-8-5-4-6-9-12-18(22)23/h4,6,9,12,15-17,19-21H,2-3,5,7-8,10-11,13-14H2,1H3,(H,22,23). The molecule has 0 spiro atoms. The minimum Gasteiger partial charge on any atom is -0.478 e. The molecule has 23 heavy (non-hydrogen) atoms. The number of carboxylic acids is 1. The Kier molecular flexibility index (Phi) is 13.7. The van der Waals surface area contributed by atoms with E-state index in [9.17, 15) is 20.1 Å². The fourth-order valence-electron chi connectivity index (χ4n) is 2.28. The Balaban J connectivity index is 3.69. The predicted octanol–water partition coefficient (Wildman–Crippen LogP) is 2.80. The lowest BCUT2D eigenvalue weighted by molar-refractivity contribution is -0.131. The van der Waals surface area contributed by atoms with Crippen LogP contribution in [0.2, 0.25) is 0 Å². The summed E-state index contributed by atoms with van der Waals surface area (Å²) in [7, 11) is 0. The van der Waals surface area contributed by atoms with Crippen LogP contribution in [0.5, 0.6) is 0 Å². The fourth-order valence-corrected chi connectivity index (χ4v) is 2.28. The Morgan fingerprint density at radius 3 is 2.26 bits per heavy atom. The lowest BCUT2D eigenvalue weighted by Crippen LogP contribution is -2.27. The zero-order chi connectivity index (χ0) is 17.5. The van der Waals surface area contributed by atoms with Gasteiger partial charge in [0.25, 0.3) is 0 Å². The first-order chi connectivity index (χ1) is 11.0. The summed E-state index contributed by atoms with van der Waals surface area (Å²) in [6.07, 6.45) is 10.9. The minimum absolute atomic E-state index is 0.408. The zero-order valence-electron chi connectivity index (χ0n) is 14.1. The smallest absolute Gasteiger partial charge is 0.328 e. The molecule has 0 aromatic heterocycles. The number of carboxylic acid groups (broad SMARTS) is 1. The number of hydrogen-bond donors (Lipinski definition) is 4. The maximum atomic E-state index is 10.2. The highest BCUT2D eigenvalue weighted by Crippen LogP contribution is 2.14. The summed E-state index contributed by atoms with van der Waals surface area (Å²) in [4.78, 5) is 10.2. The van der Waals surface area contributed by atoms with E-state index in [1.807, 2.05) is 6.08 Å². The van der Waals surface area contributed by atoms with Crippen LogP contribution in [-0.4, -0.2) is 44.7 Å². The summed E-state index contributed by atoms with van der Waals surface area (Å²) in [6, 6.07) is 0. The van der Waals surface area contributed by atoms with E-state index in [-0.39, 0.29) is 0 Å². The van der Waals surface area contributed by atoms with E-state index < -0.39 is 24.3 Å². The number of aliphatic carboxylic acids is 1. The molecular formula is C18H32O5. The van der Waals surface area contributed by atoms with Crippen LogP contribution in [0.15, 0.2) is 24.3 Å². The third kappa shape index (κ3) is 14.2. The first-order valence-electron chi connectivity index (χ1n) is 8.57. The van der Waals surface area contributed by atoms with Gasteiger partial charge < -0.3 is 20.4 Å². The van der Waals surface area contributed by atoms with Gasteiger partial charge in [0.15, 0.2) is 0 Å². The van der Waals surface area contributed by atoms with Crippen LogP contribution in [-0.2, 0) is 4.79 Å². The molecule has 134 valence electrons. The molecule has 5 nitrogen and oxygen atoms in total. The normalized spacial score (nSPS) is 16.0. The van der Waals surface area contributed by atoms with Gasteiger partial charge in [-0.3, -0.25) is 0 Å². The molecule has 0 radical (unpaired) electrons. The van der Waals surface area contributed by atoms with Crippen LogP contribution < -0.4 is 0 Å². The van der Waals surface area contributed by atoms with Crippen LogP contribution in [0, 0.1) is 0 Å². The monoisotopic (exact) mass is 328 g/mol. The quantitative estimate of drug-likeness (QED) is 0.223. The van der Waals surface area contributed by atoms with Crippen molar-refractivity contribution in [2.45, 2.75) is 83.0 Å². The van der Waals surface area contributed by atoms with Crippen molar-refractivity contribution in [1.29, 1.82) is 0 Å². The summed E-state index contributed by atoms with van der Waals surface area (Å²) in [5.41, 5.74) is 0. The zero-order valence-corrected chi connectivity index (χ0v) is 14.1. The summed E-state index contributed by atoms with van der Waals surface area (Å²) in [5.74, 6) is -0.972. The van der Waals surface area contributed by atoms with Gasteiger partial charge in [-0.1, -0.05) is 44.4 Å². The average molecular weight is 328 g/mol. The van der Waals surface area contributed by atoms with Gasteiger partial charge in [-0.15, -0.1) is 0 Å². The molecule has 5 heteroatoms. The van der Waals surface area contributed by atoms with E-state index in [0.717, 1.165) is 38.2 Å². The first kappa shape index (κ1) is 21.8. The molecule has 0 aliphatic heterocycles. The molecule has 3 unspecified atom stereocenters. The van der Waals surface area contributed by atoms with Crippen LogP contribution in [0.1, 0.15) is 64.7 Å². The van der Waals surface area contributed by atoms with Crippen molar-refractivity contribution in [3.8, 4) is 0 Å². The van der Waals surface area contributed by atoms with E-state index >= 15 is 0 Å². The molecule has 0 saturated carbocycles. The Hall–Kier alpha value is -1.17. The van der Waals surface area contributed by atoms with Crippen LogP contribution in [0.3, 0.4) is 0 Å². The number of aliphatic hydroxyl groups is 3. The molecule has 0 aliphatic rings. The van der Waals surface area contributed by atoms with E-state index in [4.69, 9.17) is 5.11 Å². The predicted molar refractivity (Wildman–Crippen MR) is 91.2 cm³/mol. The van der Waals surface area contributed by atoms with E-state index in [1.54, 1.807) is 6.08 Å². The van der Waals surface area contributed by atoms with Crippen molar-refractivity contribution in [2.24, 2.45) is 0 Å². The Morgan fingerprint density at radius 2 is 1.61 bits per heavy atom. The second-order valence-corrected chi connectivity index (χ2v) is 5.92. The highest BCUT2D eigenvalue weighted by Gasteiger charge is 2.17. The fraction of sp³-hybridized carbons (Fsp3) is 0.722. The van der Waals surface area contributed by atoms with Crippen LogP contribution in [0.4, 0.5) is 0 Å². The second kappa shape index (κ2) is 14.4. The number of allylic oxidation sites excluding steroid dienone is 3. The van der Waals surface area contributed by atoms with Crippen LogP contribution >= 0.6 is 0 Å². The second-order valence-electron chi connectivity index (χ2n) is 5.92. The maximum absolute atomic E-state index is 10.2. The molecule has 0 saturated heterocycles. The molecular weight excluding hydrogens is 296 g/mol. The Labute approximate surface area is 139 Å². The molecule has 0 amide bonds. The lowest BCUT2D eigenvalue weighted by atomic mass is 9.99. The topological polar surface area (TPSA) is 98.0 Å². The number of aliphatic hydroxyl groups excluding tert-OH is 3. The first-order valence-corrected chi connectivity index (χ1v) is 8.57. The van der Waals surface area contributed by atoms with E-state index in [2.05, 4.69) is 6.92 Å². The van der Waals surface area contributed by atoms with Gasteiger partial charge in [-0.2, -0.15) is 0 Å². The highest BCUT2D eigenvalue weighted by molar-refractivity contribution is 5.80. The van der Waals surface area contributed by atoms with Crippen molar-refractivity contribution in [1.82, 2.24) is 0 Å². The molecule has 0 aromatic rings. The van der Waals surface area contributed by atoms with Crippen molar-refractivity contribution >= 4 is 5.97 Å². The lowest BCUT2D eigenvalue weighted by Gasteiger charge is -2.19. The van der Waals surface area contributed by atoms with Gasteiger partial charge in [-0.25, -0.2) is 4.79 Å². The molecule has 0 fully saturated rings. The van der Waals surface area contributed by atoms with Crippen molar-refractivity contribution < 1.29 is 25.2 Å². The van der Waals surface area contributed by atoms with Gasteiger partial charge in [0.1, 0.15) is 0 Å². The van der Waals surface area contributed by atoms with E-state index in [1.165, 1.54) is 6.08 Å². The molecule has 3 atom stereocenters. The Bertz CT molecular complexity index is 351. The van der Waals surface area contributed by atoms with Gasteiger partial charge in [0, 0.05) is 6.08 Å². The number of carbonyl (C=O) groups is 1. The Morgan fingerprint density at radius 1 is 0.913 bits per heavy atom.